The van der Waals surface area contributed by atoms with Gasteiger partial charge in [0.25, 0.3) is 0 Å². The highest BCUT2D eigenvalue weighted by Crippen LogP contribution is 2.40. The zero-order chi connectivity index (χ0) is 21.2. The van der Waals surface area contributed by atoms with Crippen molar-refractivity contribution >= 4 is 28.1 Å². The first-order chi connectivity index (χ1) is 15.2. The number of aliphatic hydroxyl groups is 1. The Kier molecular flexibility index (Phi) is 5.50. The van der Waals surface area contributed by atoms with E-state index in [0.717, 1.165) is 34.1 Å². The summed E-state index contributed by atoms with van der Waals surface area (Å²) in [4.78, 5) is 5.49. The maximum atomic E-state index is 12.2. The van der Waals surface area contributed by atoms with Crippen LogP contribution in [-0.2, 0) is 11.0 Å². The van der Waals surface area contributed by atoms with Crippen molar-refractivity contribution in [2.75, 3.05) is 18.5 Å². The standard InChI is InChI=1S/C23H23N5O2S/c29-13-12-24-31(30)19-10-8-18(9-11-19)25-22-14-20(16-4-2-1-3-5-16)26-23-15-21(17-6-7-17)27-28(22)23/h1-5,8-11,14-15,17,24-25,29H,6-7,12-13H2. The SMILES string of the molecule is O=S(NCCO)c1ccc(Nc2cc(-c3ccccc3)nc3cc(C4CC4)nn23)cc1. The van der Waals surface area contributed by atoms with Gasteiger partial charge in [0, 0.05) is 35.8 Å². The second-order valence-corrected chi connectivity index (χ2v) is 8.84. The number of rotatable bonds is 8. The fourth-order valence-corrected chi connectivity index (χ4v) is 4.27. The van der Waals surface area contributed by atoms with Crippen molar-refractivity contribution in [1.29, 1.82) is 0 Å². The number of aliphatic hydroxyl groups excluding tert-OH is 1. The van der Waals surface area contributed by atoms with Gasteiger partial charge in [-0.05, 0) is 37.1 Å². The summed E-state index contributed by atoms with van der Waals surface area (Å²) in [6.45, 7) is 0.229. The van der Waals surface area contributed by atoms with Crippen LogP contribution in [0.5, 0.6) is 0 Å². The molecule has 7 nitrogen and oxygen atoms in total. The predicted molar refractivity (Wildman–Crippen MR) is 122 cm³/mol. The summed E-state index contributed by atoms with van der Waals surface area (Å²) >= 11 is 0. The maximum absolute atomic E-state index is 12.2. The van der Waals surface area contributed by atoms with Crippen molar-refractivity contribution in [2.24, 2.45) is 0 Å². The fourth-order valence-electron chi connectivity index (χ4n) is 3.45. The minimum atomic E-state index is -1.35. The van der Waals surface area contributed by atoms with Crippen molar-refractivity contribution in [3.05, 3.63) is 72.4 Å². The van der Waals surface area contributed by atoms with Crippen LogP contribution in [0, 0.1) is 0 Å². The zero-order valence-electron chi connectivity index (χ0n) is 16.9. The smallest absolute Gasteiger partial charge is 0.158 e. The second kappa shape index (κ2) is 8.58. The van der Waals surface area contributed by atoms with E-state index in [-0.39, 0.29) is 13.2 Å². The molecule has 158 valence electrons. The molecular formula is C23H23N5O2S. The van der Waals surface area contributed by atoms with Crippen LogP contribution in [0.15, 0.2) is 71.6 Å². The molecule has 1 aliphatic rings. The summed E-state index contributed by atoms with van der Waals surface area (Å²) in [5.74, 6) is 1.36. The van der Waals surface area contributed by atoms with Gasteiger partial charge in [0.1, 0.15) is 16.8 Å². The molecule has 1 unspecified atom stereocenters. The molecule has 3 N–H and O–H groups in total. The van der Waals surface area contributed by atoms with E-state index in [1.807, 2.05) is 53.0 Å². The Bertz CT molecular complexity index is 1220. The molecule has 2 heterocycles. The Labute approximate surface area is 182 Å². The first-order valence-electron chi connectivity index (χ1n) is 10.3. The average Bonchev–Trinajstić information content (AvgIpc) is 3.57. The Hall–Kier alpha value is -3.07. The molecule has 1 aliphatic carbocycles. The van der Waals surface area contributed by atoms with Gasteiger partial charge < -0.3 is 10.4 Å². The van der Waals surface area contributed by atoms with Crippen LogP contribution in [0.3, 0.4) is 0 Å². The van der Waals surface area contributed by atoms with E-state index in [0.29, 0.717) is 10.8 Å². The number of nitrogens with zero attached hydrogens (tertiary/aromatic N) is 3. The number of hydrogen-bond acceptors (Lipinski definition) is 5. The van der Waals surface area contributed by atoms with Gasteiger partial charge in [0.05, 0.1) is 22.9 Å². The largest absolute Gasteiger partial charge is 0.395 e. The third-order valence-electron chi connectivity index (χ3n) is 5.20. The lowest BCUT2D eigenvalue weighted by Crippen LogP contribution is -2.20. The average molecular weight is 434 g/mol. The van der Waals surface area contributed by atoms with Crippen LogP contribution in [0.4, 0.5) is 11.5 Å². The lowest BCUT2D eigenvalue weighted by atomic mass is 10.1. The molecule has 0 bridgehead atoms. The highest BCUT2D eigenvalue weighted by Gasteiger charge is 2.27. The van der Waals surface area contributed by atoms with Crippen LogP contribution in [0.2, 0.25) is 0 Å². The number of nitrogens with one attached hydrogen (secondary N) is 2. The van der Waals surface area contributed by atoms with Crippen LogP contribution < -0.4 is 10.0 Å². The van der Waals surface area contributed by atoms with Crippen molar-refractivity contribution in [3.63, 3.8) is 0 Å². The number of fused-ring (bicyclic) bond motifs is 1. The molecule has 1 atom stereocenters. The van der Waals surface area contributed by atoms with Gasteiger partial charge in [-0.3, -0.25) is 0 Å². The summed E-state index contributed by atoms with van der Waals surface area (Å²) in [5.41, 5.74) is 4.68. The molecule has 0 aliphatic heterocycles. The number of benzene rings is 2. The minimum absolute atomic E-state index is 0.0557. The van der Waals surface area contributed by atoms with Crippen molar-refractivity contribution in [3.8, 4) is 11.3 Å². The quantitative estimate of drug-likeness (QED) is 0.395. The van der Waals surface area contributed by atoms with Gasteiger partial charge in [0.15, 0.2) is 5.65 Å². The molecule has 8 heteroatoms. The Morgan fingerprint density at radius 1 is 1.06 bits per heavy atom. The van der Waals surface area contributed by atoms with Crippen LogP contribution >= 0.6 is 0 Å². The van der Waals surface area contributed by atoms with E-state index >= 15 is 0 Å². The predicted octanol–water partition coefficient (Wildman–Crippen LogP) is 3.62. The molecule has 0 spiro atoms. The van der Waals surface area contributed by atoms with E-state index in [2.05, 4.69) is 16.1 Å². The first kappa shape index (κ1) is 19.9. The molecule has 0 amide bonds. The van der Waals surface area contributed by atoms with Gasteiger partial charge in [-0.1, -0.05) is 30.3 Å². The van der Waals surface area contributed by atoms with Crippen LogP contribution in [0.25, 0.3) is 16.9 Å². The van der Waals surface area contributed by atoms with E-state index in [4.69, 9.17) is 15.2 Å². The monoisotopic (exact) mass is 433 g/mol. The Balaban J connectivity index is 1.48. The third-order valence-corrected chi connectivity index (χ3v) is 6.36. The van der Waals surface area contributed by atoms with Crippen molar-refractivity contribution < 1.29 is 9.32 Å². The zero-order valence-corrected chi connectivity index (χ0v) is 17.7. The molecule has 2 aromatic heterocycles. The summed E-state index contributed by atoms with van der Waals surface area (Å²) < 4.78 is 16.8. The van der Waals surface area contributed by atoms with Gasteiger partial charge in [0.2, 0.25) is 0 Å². The lowest BCUT2D eigenvalue weighted by Gasteiger charge is -2.11. The van der Waals surface area contributed by atoms with Gasteiger partial charge >= 0.3 is 0 Å². The van der Waals surface area contributed by atoms with Crippen molar-refractivity contribution in [1.82, 2.24) is 19.3 Å². The maximum Gasteiger partial charge on any atom is 0.158 e. The molecular weight excluding hydrogens is 410 g/mol. The van der Waals surface area contributed by atoms with Gasteiger partial charge in [-0.2, -0.15) is 9.61 Å². The first-order valence-corrected chi connectivity index (χ1v) is 11.5. The lowest BCUT2D eigenvalue weighted by molar-refractivity contribution is 0.302. The molecule has 1 saturated carbocycles. The highest BCUT2D eigenvalue weighted by molar-refractivity contribution is 7.83. The topological polar surface area (TPSA) is 91.5 Å². The Morgan fingerprint density at radius 2 is 1.84 bits per heavy atom. The summed E-state index contributed by atoms with van der Waals surface area (Å²) in [6.07, 6.45) is 2.36. The van der Waals surface area contributed by atoms with E-state index < -0.39 is 11.0 Å². The van der Waals surface area contributed by atoms with E-state index in [9.17, 15) is 4.21 Å². The van der Waals surface area contributed by atoms with E-state index in [1.165, 1.54) is 12.8 Å². The summed E-state index contributed by atoms with van der Waals surface area (Å²) in [7, 11) is -1.35. The van der Waals surface area contributed by atoms with Crippen molar-refractivity contribution in [2.45, 2.75) is 23.7 Å². The Morgan fingerprint density at radius 3 is 2.55 bits per heavy atom. The molecule has 4 aromatic rings. The second-order valence-electron chi connectivity index (χ2n) is 7.54. The van der Waals surface area contributed by atoms with Crippen LogP contribution in [0.1, 0.15) is 24.5 Å². The van der Waals surface area contributed by atoms with Crippen LogP contribution in [-0.4, -0.2) is 37.1 Å². The molecule has 31 heavy (non-hydrogen) atoms. The summed E-state index contributed by atoms with van der Waals surface area (Å²) in [6, 6.07) is 21.5. The minimum Gasteiger partial charge on any atom is -0.395 e. The summed E-state index contributed by atoms with van der Waals surface area (Å²) in [5, 5.41) is 17.1. The molecule has 0 radical (unpaired) electrons. The number of aromatic nitrogens is 3. The molecule has 0 saturated heterocycles. The number of hydrogen-bond donors (Lipinski definition) is 3. The van der Waals surface area contributed by atoms with E-state index in [1.54, 1.807) is 12.1 Å². The number of anilines is 2. The third kappa shape index (κ3) is 4.36. The van der Waals surface area contributed by atoms with Gasteiger partial charge in [-0.15, -0.1) is 0 Å². The molecule has 1 fully saturated rings. The highest BCUT2D eigenvalue weighted by atomic mass is 32.2. The fraction of sp³-hybridized carbons (Fsp3) is 0.217. The normalized spacial score (nSPS) is 14.6. The van der Waals surface area contributed by atoms with Gasteiger partial charge in [-0.25, -0.2) is 13.9 Å². The molecule has 5 rings (SSSR count). The molecule has 2 aromatic carbocycles.